The fourth-order valence-corrected chi connectivity index (χ4v) is 4.55. The highest BCUT2D eigenvalue weighted by Crippen LogP contribution is 2.35. The summed E-state index contributed by atoms with van der Waals surface area (Å²) in [6, 6.07) is 10.9. The summed E-state index contributed by atoms with van der Waals surface area (Å²) in [5.41, 5.74) is 1.68. The molecule has 0 aliphatic rings. The van der Waals surface area contributed by atoms with Crippen LogP contribution >= 0.6 is 11.3 Å². The fourth-order valence-electron chi connectivity index (χ4n) is 3.70. The van der Waals surface area contributed by atoms with Gasteiger partial charge in [0.15, 0.2) is 16.5 Å². The van der Waals surface area contributed by atoms with E-state index in [9.17, 15) is 9.59 Å². The summed E-state index contributed by atoms with van der Waals surface area (Å²) in [6.07, 6.45) is 1.86. The van der Waals surface area contributed by atoms with Crippen LogP contribution in [0.2, 0.25) is 0 Å². The van der Waals surface area contributed by atoms with Gasteiger partial charge in [0.25, 0.3) is 11.5 Å². The Bertz CT molecular complexity index is 1430. The lowest BCUT2D eigenvalue weighted by molar-refractivity contribution is 0.0952. The second kappa shape index (κ2) is 10.5. The van der Waals surface area contributed by atoms with E-state index in [1.165, 1.54) is 21.9 Å². The molecule has 35 heavy (non-hydrogen) atoms. The first-order valence-corrected chi connectivity index (χ1v) is 11.6. The Hall–Kier alpha value is -4.05. The van der Waals surface area contributed by atoms with Crippen LogP contribution in [0.25, 0.3) is 16.2 Å². The molecule has 2 aromatic heterocycles. The average Bonchev–Trinajstić information content (AvgIpc) is 3.33. The first kappa shape index (κ1) is 24.1. The maximum absolute atomic E-state index is 13.3. The summed E-state index contributed by atoms with van der Waals surface area (Å²) in [5.74, 6) is 1.94. The van der Waals surface area contributed by atoms with Gasteiger partial charge >= 0.3 is 0 Å². The fraction of sp³-hybridized carbons (Fsp3) is 0.240. The lowest BCUT2D eigenvalue weighted by Crippen LogP contribution is -2.32. The van der Waals surface area contributed by atoms with E-state index in [1.54, 1.807) is 52.0 Å². The van der Waals surface area contributed by atoms with Crippen LogP contribution in [-0.4, -0.2) is 50.3 Å². The minimum Gasteiger partial charge on any atom is -0.497 e. The zero-order valence-electron chi connectivity index (χ0n) is 19.8. The van der Waals surface area contributed by atoms with Crippen LogP contribution in [0.1, 0.15) is 15.9 Å². The monoisotopic (exact) mass is 495 g/mol. The standard InChI is InChI=1S/C25H25N3O6S/c1-31-16-6-8-20(32-2)17(12-16)19-14-35-25-27-13-18(24(30)28(19)25)23(29)26-10-9-15-5-7-21(33-3)22(11-15)34-4/h5-8,11-14H,9-10H2,1-4H3,(H,26,29). The molecule has 0 atom stereocenters. The van der Waals surface area contributed by atoms with E-state index in [2.05, 4.69) is 10.3 Å². The van der Waals surface area contributed by atoms with Gasteiger partial charge in [-0.1, -0.05) is 6.07 Å². The zero-order valence-corrected chi connectivity index (χ0v) is 20.6. The molecule has 182 valence electrons. The Morgan fingerprint density at radius 1 is 0.971 bits per heavy atom. The summed E-state index contributed by atoms with van der Waals surface area (Å²) >= 11 is 1.30. The number of amides is 1. The van der Waals surface area contributed by atoms with Gasteiger partial charge in [-0.2, -0.15) is 0 Å². The van der Waals surface area contributed by atoms with Crippen molar-refractivity contribution < 1.29 is 23.7 Å². The van der Waals surface area contributed by atoms with Crippen LogP contribution in [0.4, 0.5) is 0 Å². The molecular weight excluding hydrogens is 470 g/mol. The molecule has 10 heteroatoms. The Morgan fingerprint density at radius 3 is 2.43 bits per heavy atom. The number of hydrogen-bond donors (Lipinski definition) is 1. The zero-order chi connectivity index (χ0) is 24.9. The van der Waals surface area contributed by atoms with E-state index < -0.39 is 11.5 Å². The number of methoxy groups -OCH3 is 4. The van der Waals surface area contributed by atoms with Gasteiger partial charge in [0.2, 0.25) is 0 Å². The molecule has 0 radical (unpaired) electrons. The van der Waals surface area contributed by atoms with E-state index in [1.807, 2.05) is 18.2 Å². The molecular formula is C25H25N3O6S. The van der Waals surface area contributed by atoms with Crippen molar-refractivity contribution in [2.45, 2.75) is 6.42 Å². The predicted octanol–water partition coefficient (Wildman–Crippen LogP) is 3.43. The van der Waals surface area contributed by atoms with Gasteiger partial charge in [0.1, 0.15) is 17.1 Å². The first-order valence-electron chi connectivity index (χ1n) is 10.7. The molecule has 2 aromatic carbocycles. The molecule has 0 unspecified atom stereocenters. The van der Waals surface area contributed by atoms with E-state index in [-0.39, 0.29) is 5.56 Å². The molecule has 0 aliphatic heterocycles. The molecule has 0 bridgehead atoms. The minimum atomic E-state index is -0.493. The number of thiazole rings is 1. The number of ether oxygens (including phenoxy) is 4. The summed E-state index contributed by atoms with van der Waals surface area (Å²) in [4.78, 5) is 31.0. The Morgan fingerprint density at radius 2 is 1.71 bits per heavy atom. The summed E-state index contributed by atoms with van der Waals surface area (Å²) in [6.45, 7) is 0.330. The van der Waals surface area contributed by atoms with Gasteiger partial charge in [0, 0.05) is 23.7 Å². The SMILES string of the molecule is COc1ccc(OC)c(-c2csc3ncc(C(=O)NCCc4ccc(OC)c(OC)c4)c(=O)n23)c1. The molecule has 9 nitrogen and oxygen atoms in total. The van der Waals surface area contributed by atoms with Crippen LogP contribution in [0.3, 0.4) is 0 Å². The van der Waals surface area contributed by atoms with Crippen molar-refractivity contribution in [3.8, 4) is 34.3 Å². The maximum Gasteiger partial charge on any atom is 0.271 e. The van der Waals surface area contributed by atoms with Crippen LogP contribution in [0.5, 0.6) is 23.0 Å². The smallest absolute Gasteiger partial charge is 0.271 e. The molecule has 1 amide bonds. The number of nitrogens with one attached hydrogen (secondary N) is 1. The van der Waals surface area contributed by atoms with E-state index in [4.69, 9.17) is 18.9 Å². The number of rotatable bonds is 9. The Labute approximate surface area is 205 Å². The normalized spacial score (nSPS) is 10.7. The lowest BCUT2D eigenvalue weighted by atomic mass is 10.1. The van der Waals surface area contributed by atoms with Crippen molar-refractivity contribution in [2.24, 2.45) is 0 Å². The van der Waals surface area contributed by atoms with Crippen molar-refractivity contribution in [2.75, 3.05) is 35.0 Å². The van der Waals surface area contributed by atoms with Gasteiger partial charge in [-0.05, 0) is 42.3 Å². The van der Waals surface area contributed by atoms with Crippen molar-refractivity contribution in [1.82, 2.24) is 14.7 Å². The topological polar surface area (TPSA) is 100 Å². The third-order valence-electron chi connectivity index (χ3n) is 5.52. The average molecular weight is 496 g/mol. The van der Waals surface area contributed by atoms with Crippen LogP contribution in [0, 0.1) is 0 Å². The van der Waals surface area contributed by atoms with Crippen LogP contribution in [0.15, 0.2) is 52.8 Å². The first-order chi connectivity index (χ1) is 17.0. The number of hydrogen-bond acceptors (Lipinski definition) is 8. The van der Waals surface area contributed by atoms with Crippen molar-refractivity contribution >= 4 is 22.2 Å². The molecule has 0 spiro atoms. The quantitative estimate of drug-likeness (QED) is 0.380. The molecule has 4 rings (SSSR count). The summed E-state index contributed by atoms with van der Waals surface area (Å²) in [5, 5.41) is 4.61. The number of carbonyl (C=O) groups is 1. The van der Waals surface area contributed by atoms with Crippen molar-refractivity contribution in [3.05, 3.63) is 69.5 Å². The molecule has 1 N–H and O–H groups in total. The second-order valence-electron chi connectivity index (χ2n) is 7.48. The number of nitrogens with zero attached hydrogens (tertiary/aromatic N) is 2. The second-order valence-corrected chi connectivity index (χ2v) is 8.31. The van der Waals surface area contributed by atoms with Crippen LogP contribution < -0.4 is 29.8 Å². The predicted molar refractivity (Wildman–Crippen MR) is 133 cm³/mol. The Balaban J connectivity index is 1.59. The molecule has 0 saturated carbocycles. The minimum absolute atomic E-state index is 0.0451. The van der Waals surface area contributed by atoms with Crippen molar-refractivity contribution in [3.63, 3.8) is 0 Å². The van der Waals surface area contributed by atoms with E-state index in [0.717, 1.165) is 5.56 Å². The summed E-state index contributed by atoms with van der Waals surface area (Å²) in [7, 11) is 6.26. The van der Waals surface area contributed by atoms with Gasteiger partial charge in [0.05, 0.1) is 34.1 Å². The van der Waals surface area contributed by atoms with Crippen molar-refractivity contribution in [1.29, 1.82) is 0 Å². The largest absolute Gasteiger partial charge is 0.497 e. The number of benzene rings is 2. The maximum atomic E-state index is 13.3. The molecule has 2 heterocycles. The summed E-state index contributed by atoms with van der Waals surface area (Å²) < 4.78 is 22.8. The lowest BCUT2D eigenvalue weighted by Gasteiger charge is -2.11. The number of aromatic nitrogens is 2. The van der Waals surface area contributed by atoms with Gasteiger partial charge in [-0.3, -0.25) is 14.0 Å². The third kappa shape index (κ3) is 4.78. The van der Waals surface area contributed by atoms with E-state index >= 15 is 0 Å². The highest BCUT2D eigenvalue weighted by Gasteiger charge is 2.19. The molecule has 0 fully saturated rings. The number of fused-ring (bicyclic) bond motifs is 1. The third-order valence-corrected chi connectivity index (χ3v) is 6.36. The molecule has 0 saturated heterocycles. The van der Waals surface area contributed by atoms with E-state index in [0.29, 0.717) is 52.2 Å². The molecule has 0 aliphatic carbocycles. The van der Waals surface area contributed by atoms with Gasteiger partial charge in [-0.25, -0.2) is 4.98 Å². The van der Waals surface area contributed by atoms with Gasteiger partial charge in [-0.15, -0.1) is 11.3 Å². The van der Waals surface area contributed by atoms with Gasteiger partial charge < -0.3 is 24.3 Å². The Kier molecular flexibility index (Phi) is 7.21. The van der Waals surface area contributed by atoms with Crippen LogP contribution in [-0.2, 0) is 6.42 Å². The highest BCUT2D eigenvalue weighted by molar-refractivity contribution is 7.15. The molecule has 4 aromatic rings. The number of carbonyl (C=O) groups excluding carboxylic acids is 1. The highest BCUT2D eigenvalue weighted by atomic mass is 32.1.